The van der Waals surface area contributed by atoms with Crippen molar-refractivity contribution in [2.24, 2.45) is 11.7 Å². The van der Waals surface area contributed by atoms with Crippen molar-refractivity contribution >= 4 is 10.1 Å². The van der Waals surface area contributed by atoms with Crippen molar-refractivity contribution in [3.8, 4) is 0 Å². The van der Waals surface area contributed by atoms with E-state index < -0.39 is 10.1 Å². The van der Waals surface area contributed by atoms with Crippen LogP contribution in [-0.4, -0.2) is 37.8 Å². The summed E-state index contributed by atoms with van der Waals surface area (Å²) in [5, 5.41) is 0. The molecule has 5 aromatic rings. The number of hydrogen-bond acceptors (Lipinski definition) is 6. The first-order valence-corrected chi connectivity index (χ1v) is 19.9. The molecule has 0 aliphatic carbocycles. The first kappa shape index (κ1) is 40.0. The molecule has 5 aromatic carbocycles. The molecule has 1 fully saturated rings. The second kappa shape index (κ2) is 19.3. The fourth-order valence-electron chi connectivity index (χ4n) is 6.97. The lowest BCUT2D eigenvalue weighted by molar-refractivity contribution is -0.235. The number of aryl methyl sites for hydroxylation is 2. The summed E-state index contributed by atoms with van der Waals surface area (Å²) in [6.45, 7) is 10.6. The van der Waals surface area contributed by atoms with E-state index in [4.69, 9.17) is 24.5 Å². The van der Waals surface area contributed by atoms with Crippen molar-refractivity contribution in [1.82, 2.24) is 0 Å². The van der Waals surface area contributed by atoms with E-state index in [0.29, 0.717) is 19.8 Å². The summed E-state index contributed by atoms with van der Waals surface area (Å²) < 4.78 is 49.8. The summed E-state index contributed by atoms with van der Waals surface area (Å²) >= 11 is 0. The van der Waals surface area contributed by atoms with Gasteiger partial charge >= 0.3 is 0 Å². The molecule has 1 aliphatic rings. The molecule has 5 atom stereocenters. The molecule has 0 amide bonds. The molecule has 53 heavy (non-hydrogen) atoms. The Balaban J connectivity index is 0.000000469. The van der Waals surface area contributed by atoms with Crippen molar-refractivity contribution in [1.29, 1.82) is 0 Å². The van der Waals surface area contributed by atoms with Gasteiger partial charge in [-0.3, -0.25) is 4.55 Å². The van der Waals surface area contributed by atoms with Gasteiger partial charge in [-0.25, -0.2) is 0 Å². The first-order valence-electron chi connectivity index (χ1n) is 18.4. The lowest BCUT2D eigenvalue weighted by Crippen LogP contribution is -2.52. The zero-order chi connectivity index (χ0) is 37.8. The van der Waals surface area contributed by atoms with Gasteiger partial charge in [0.25, 0.3) is 10.1 Å². The lowest BCUT2D eigenvalue weighted by Gasteiger charge is -2.46. The van der Waals surface area contributed by atoms with E-state index in [2.05, 4.69) is 113 Å². The van der Waals surface area contributed by atoms with Crippen molar-refractivity contribution in [2.75, 3.05) is 6.54 Å². The molecular formula is C45H53NO6S. The van der Waals surface area contributed by atoms with Crippen LogP contribution in [0.5, 0.6) is 0 Å². The molecule has 0 saturated carbocycles. The zero-order valence-corrected chi connectivity index (χ0v) is 32.0. The largest absolute Gasteiger partial charge is 0.370 e. The lowest BCUT2D eigenvalue weighted by atomic mass is 9.82. The highest BCUT2D eigenvalue weighted by atomic mass is 32.2. The van der Waals surface area contributed by atoms with E-state index in [1.165, 1.54) is 51.1 Å². The van der Waals surface area contributed by atoms with Gasteiger partial charge in [-0.15, -0.1) is 0 Å². The van der Waals surface area contributed by atoms with Gasteiger partial charge in [-0.1, -0.05) is 129 Å². The molecule has 6 rings (SSSR count). The van der Waals surface area contributed by atoms with E-state index >= 15 is 0 Å². The zero-order valence-electron chi connectivity index (χ0n) is 31.2. The summed E-state index contributed by atoms with van der Waals surface area (Å²) in [5.74, 6) is 0.183. The fourth-order valence-corrected chi connectivity index (χ4v) is 7.47. The molecular weight excluding hydrogens is 683 g/mol. The van der Waals surface area contributed by atoms with Crippen LogP contribution in [0.3, 0.4) is 0 Å². The van der Waals surface area contributed by atoms with Crippen LogP contribution in [0.15, 0.2) is 132 Å². The third-order valence-corrected chi connectivity index (χ3v) is 10.8. The fraction of sp³-hybridized carbons (Fsp3) is 0.333. The Bertz CT molecular complexity index is 1950. The van der Waals surface area contributed by atoms with Crippen LogP contribution >= 0.6 is 0 Å². The monoisotopic (exact) mass is 735 g/mol. The number of nitrogens with two attached hydrogens (primary N) is 1. The standard InChI is InChI=1S/C39H47NO3.C6H6O3S/c1-5-36-29(4)37(41-25-32-12-8-6-9-13-32)39(42-26-33-14-10-7-11-15-33)38(43-36)35-24-34(27(2)22-28(35)3)23-31-18-16-30(17-19-31)20-21-40;7-10(8,9)6-4-2-1-3-5-6/h6-19,22,24,29,36-39H,5,20-21,23,25-26,40H2,1-4H3;1-5H,(H,7,8,9)/t29-,36-,37+,38+,39-;/m1./s1. The van der Waals surface area contributed by atoms with Crippen LogP contribution in [-0.2, 0) is 50.4 Å². The van der Waals surface area contributed by atoms with Crippen molar-refractivity contribution in [3.05, 3.63) is 172 Å². The van der Waals surface area contributed by atoms with Crippen LogP contribution in [0.4, 0.5) is 0 Å². The number of ether oxygens (including phenoxy) is 3. The van der Waals surface area contributed by atoms with Gasteiger partial charge < -0.3 is 19.9 Å². The molecule has 3 N–H and O–H groups in total. The van der Waals surface area contributed by atoms with E-state index in [1.54, 1.807) is 18.2 Å². The second-order valence-electron chi connectivity index (χ2n) is 13.8. The predicted octanol–water partition coefficient (Wildman–Crippen LogP) is 8.99. The van der Waals surface area contributed by atoms with E-state index in [1.807, 2.05) is 12.1 Å². The average Bonchev–Trinajstić information content (AvgIpc) is 3.17. The summed E-state index contributed by atoms with van der Waals surface area (Å²) in [5.41, 5.74) is 15.7. The minimum Gasteiger partial charge on any atom is -0.370 e. The molecule has 0 unspecified atom stereocenters. The molecule has 280 valence electrons. The molecule has 0 bridgehead atoms. The van der Waals surface area contributed by atoms with Crippen molar-refractivity contribution in [3.63, 3.8) is 0 Å². The third-order valence-electron chi connectivity index (χ3n) is 9.94. The van der Waals surface area contributed by atoms with Gasteiger partial charge in [0.2, 0.25) is 0 Å². The van der Waals surface area contributed by atoms with Gasteiger partial charge in [-0.2, -0.15) is 8.42 Å². The maximum atomic E-state index is 10.4. The van der Waals surface area contributed by atoms with Crippen LogP contribution in [0.25, 0.3) is 0 Å². The maximum Gasteiger partial charge on any atom is 0.294 e. The van der Waals surface area contributed by atoms with Crippen LogP contribution in [0.1, 0.15) is 70.9 Å². The van der Waals surface area contributed by atoms with Crippen LogP contribution in [0, 0.1) is 19.8 Å². The number of benzene rings is 5. The Kier molecular flexibility index (Phi) is 14.5. The summed E-state index contributed by atoms with van der Waals surface area (Å²) in [7, 11) is -4.00. The van der Waals surface area contributed by atoms with E-state index in [-0.39, 0.29) is 35.2 Å². The average molecular weight is 736 g/mol. The quantitative estimate of drug-likeness (QED) is 0.116. The highest BCUT2D eigenvalue weighted by molar-refractivity contribution is 7.85. The molecule has 1 saturated heterocycles. The highest BCUT2D eigenvalue weighted by Gasteiger charge is 2.46. The molecule has 7 nitrogen and oxygen atoms in total. The minimum atomic E-state index is -4.00. The summed E-state index contributed by atoms with van der Waals surface area (Å²) in [6.07, 6.45) is 2.14. The van der Waals surface area contributed by atoms with Gasteiger partial charge in [0.1, 0.15) is 12.2 Å². The predicted molar refractivity (Wildman–Crippen MR) is 211 cm³/mol. The third kappa shape index (κ3) is 11.2. The normalized spacial score (nSPS) is 20.0. The highest BCUT2D eigenvalue weighted by Crippen LogP contribution is 2.42. The Hall–Kier alpha value is -4.15. The van der Waals surface area contributed by atoms with Crippen molar-refractivity contribution in [2.45, 2.75) is 89.5 Å². The summed E-state index contributed by atoms with van der Waals surface area (Å²) in [6, 6.07) is 41.8. The van der Waals surface area contributed by atoms with Crippen LogP contribution < -0.4 is 5.73 Å². The maximum absolute atomic E-state index is 10.4. The van der Waals surface area contributed by atoms with E-state index in [9.17, 15) is 8.42 Å². The molecule has 0 radical (unpaired) electrons. The van der Waals surface area contributed by atoms with E-state index in [0.717, 1.165) is 24.8 Å². The van der Waals surface area contributed by atoms with Gasteiger partial charge in [0, 0.05) is 5.92 Å². The van der Waals surface area contributed by atoms with Crippen LogP contribution in [0.2, 0.25) is 0 Å². The minimum absolute atomic E-state index is 0.0709. The number of rotatable bonds is 13. The smallest absolute Gasteiger partial charge is 0.294 e. The van der Waals surface area contributed by atoms with Gasteiger partial charge in [0.05, 0.1) is 30.3 Å². The molecule has 8 heteroatoms. The number of hydrogen-bond donors (Lipinski definition) is 2. The topological polar surface area (TPSA) is 108 Å². The molecule has 0 aromatic heterocycles. The Morgan fingerprint density at radius 1 is 0.698 bits per heavy atom. The Morgan fingerprint density at radius 2 is 1.23 bits per heavy atom. The molecule has 1 aliphatic heterocycles. The van der Waals surface area contributed by atoms with Gasteiger partial charge in [0.15, 0.2) is 0 Å². The summed E-state index contributed by atoms with van der Waals surface area (Å²) in [4.78, 5) is -0.0741. The van der Waals surface area contributed by atoms with Crippen molar-refractivity contribution < 1.29 is 27.2 Å². The van der Waals surface area contributed by atoms with Gasteiger partial charge in [-0.05, 0) is 96.3 Å². The Morgan fingerprint density at radius 3 is 1.74 bits per heavy atom. The second-order valence-corrected chi connectivity index (χ2v) is 15.3. The Labute approximate surface area is 315 Å². The SMILES string of the molecule is CC[C@H]1O[C@@H](c2cc(Cc3ccc(CCN)cc3)c(C)cc2C)[C@H](OCc2ccccc2)[C@@H](OCc2ccccc2)[C@@H]1C.O=S(=O)(O)c1ccccc1. The molecule has 0 spiro atoms. The first-order chi connectivity index (χ1) is 25.6. The molecule has 1 heterocycles.